The lowest BCUT2D eigenvalue weighted by atomic mass is 10.2. The fourth-order valence-electron chi connectivity index (χ4n) is 2.02. The van der Waals surface area contributed by atoms with E-state index in [1.807, 2.05) is 18.3 Å². The minimum atomic E-state index is -0.340. The molecule has 0 spiro atoms. The van der Waals surface area contributed by atoms with Gasteiger partial charge in [-0.15, -0.1) is 5.10 Å². The van der Waals surface area contributed by atoms with Crippen LogP contribution in [0.4, 0.5) is 4.39 Å². The molecule has 4 aromatic rings. The fourth-order valence-corrected chi connectivity index (χ4v) is 3.13. The van der Waals surface area contributed by atoms with E-state index in [1.165, 1.54) is 17.4 Å². The number of hydrogen-bond donors (Lipinski definition) is 0. The van der Waals surface area contributed by atoms with Gasteiger partial charge in [-0.3, -0.25) is 4.98 Å². The Morgan fingerprint density at radius 1 is 1.26 bits per heavy atom. The zero-order chi connectivity index (χ0) is 15.8. The molecule has 0 bridgehead atoms. The van der Waals surface area contributed by atoms with Crippen molar-refractivity contribution in [1.82, 2.24) is 19.6 Å². The first-order chi connectivity index (χ1) is 11.2. The third kappa shape index (κ3) is 2.82. The minimum absolute atomic E-state index is 0.340. The summed E-state index contributed by atoms with van der Waals surface area (Å²) in [4.78, 5) is 9.29. The van der Waals surface area contributed by atoms with Crippen LogP contribution in [0.3, 0.4) is 0 Å². The van der Waals surface area contributed by atoms with E-state index >= 15 is 0 Å². The first kappa shape index (κ1) is 14.3. The Morgan fingerprint density at radius 2 is 2.17 bits per heavy atom. The molecule has 114 valence electrons. The molecule has 0 saturated heterocycles. The molecule has 8 heteroatoms. The zero-order valence-corrected chi connectivity index (χ0v) is 13.9. The standard InChI is InChI=1S/C15H8BrFN4OS/c16-11-6-10(3-4-12(11)17)22-15-20-21-8-13(19-14(21)23-15)9-2-1-5-18-7-9/h1-8H. The maximum absolute atomic E-state index is 13.2. The Labute approximate surface area is 142 Å². The van der Waals surface area contributed by atoms with Crippen molar-refractivity contribution in [3.05, 3.63) is 59.2 Å². The highest BCUT2D eigenvalue weighted by atomic mass is 79.9. The Balaban J connectivity index is 1.62. The van der Waals surface area contributed by atoms with E-state index in [0.717, 1.165) is 11.3 Å². The van der Waals surface area contributed by atoms with Gasteiger partial charge < -0.3 is 4.74 Å². The first-order valence-corrected chi connectivity index (χ1v) is 8.19. The molecule has 5 nitrogen and oxygen atoms in total. The van der Waals surface area contributed by atoms with Gasteiger partial charge in [0.05, 0.1) is 16.4 Å². The SMILES string of the molecule is Fc1ccc(Oc2nn3cc(-c4cccnc4)nc3s2)cc1Br. The van der Waals surface area contributed by atoms with Crippen LogP contribution < -0.4 is 4.74 Å². The van der Waals surface area contributed by atoms with Crippen molar-refractivity contribution in [2.75, 3.05) is 0 Å². The molecule has 0 aliphatic carbocycles. The molecule has 1 aromatic carbocycles. The third-order valence-electron chi connectivity index (χ3n) is 3.08. The van der Waals surface area contributed by atoms with E-state index in [9.17, 15) is 4.39 Å². The van der Waals surface area contributed by atoms with Crippen LogP contribution in [-0.4, -0.2) is 19.6 Å². The van der Waals surface area contributed by atoms with Crippen LogP contribution in [0.2, 0.25) is 0 Å². The van der Waals surface area contributed by atoms with Crippen LogP contribution in [0.5, 0.6) is 10.9 Å². The summed E-state index contributed by atoms with van der Waals surface area (Å²) in [6.45, 7) is 0. The van der Waals surface area contributed by atoms with E-state index in [2.05, 4.69) is 31.0 Å². The van der Waals surface area contributed by atoms with Gasteiger partial charge in [-0.2, -0.15) is 0 Å². The Morgan fingerprint density at radius 3 is 2.91 bits per heavy atom. The van der Waals surface area contributed by atoms with Crippen LogP contribution in [0.25, 0.3) is 16.2 Å². The molecular weight excluding hydrogens is 383 g/mol. The molecule has 0 radical (unpaired) electrons. The van der Waals surface area contributed by atoms with Crippen molar-refractivity contribution < 1.29 is 9.13 Å². The molecule has 0 saturated carbocycles. The van der Waals surface area contributed by atoms with Gasteiger partial charge in [0, 0.05) is 18.0 Å². The van der Waals surface area contributed by atoms with Crippen LogP contribution >= 0.6 is 27.3 Å². The number of benzene rings is 1. The van der Waals surface area contributed by atoms with Gasteiger partial charge >= 0.3 is 0 Å². The second-order valence-corrected chi connectivity index (χ2v) is 6.41. The van der Waals surface area contributed by atoms with Crippen molar-refractivity contribution in [3.8, 4) is 22.2 Å². The molecule has 4 rings (SSSR count). The van der Waals surface area contributed by atoms with Gasteiger partial charge in [0.25, 0.3) is 5.19 Å². The summed E-state index contributed by atoms with van der Waals surface area (Å²) in [5, 5.41) is 4.76. The molecule has 3 aromatic heterocycles. The first-order valence-electron chi connectivity index (χ1n) is 6.58. The highest BCUT2D eigenvalue weighted by Gasteiger charge is 2.12. The topological polar surface area (TPSA) is 52.3 Å². The van der Waals surface area contributed by atoms with Crippen molar-refractivity contribution in [2.45, 2.75) is 0 Å². The Bertz CT molecular complexity index is 954. The van der Waals surface area contributed by atoms with E-state index in [0.29, 0.717) is 20.4 Å². The summed E-state index contributed by atoms with van der Waals surface area (Å²) in [5.74, 6) is 0.162. The third-order valence-corrected chi connectivity index (χ3v) is 4.49. The highest BCUT2D eigenvalue weighted by molar-refractivity contribution is 9.10. The van der Waals surface area contributed by atoms with Crippen LogP contribution in [0, 0.1) is 5.82 Å². The highest BCUT2D eigenvalue weighted by Crippen LogP contribution is 2.30. The molecule has 0 atom stereocenters. The molecule has 0 aliphatic rings. The van der Waals surface area contributed by atoms with E-state index in [4.69, 9.17) is 4.74 Å². The van der Waals surface area contributed by atoms with Gasteiger partial charge in [0.15, 0.2) is 0 Å². The number of imidazole rings is 1. The second-order valence-electron chi connectivity index (χ2n) is 4.64. The normalized spacial score (nSPS) is 11.0. The van der Waals surface area contributed by atoms with Crippen molar-refractivity contribution in [1.29, 1.82) is 0 Å². The van der Waals surface area contributed by atoms with Gasteiger partial charge in [-0.1, -0.05) is 0 Å². The van der Waals surface area contributed by atoms with Gasteiger partial charge in [-0.05, 0) is 57.6 Å². The molecule has 0 N–H and O–H groups in total. The Kier molecular flexibility index (Phi) is 3.55. The van der Waals surface area contributed by atoms with Gasteiger partial charge in [0.2, 0.25) is 4.96 Å². The van der Waals surface area contributed by atoms with Crippen molar-refractivity contribution in [3.63, 3.8) is 0 Å². The number of fused-ring (bicyclic) bond motifs is 1. The van der Waals surface area contributed by atoms with E-state index in [1.54, 1.807) is 29.0 Å². The average molecular weight is 391 g/mol. The predicted octanol–water partition coefficient (Wildman–Crippen LogP) is 4.55. The van der Waals surface area contributed by atoms with Gasteiger partial charge in [0.1, 0.15) is 11.6 Å². The summed E-state index contributed by atoms with van der Waals surface area (Å²) in [6, 6.07) is 8.23. The van der Waals surface area contributed by atoms with E-state index < -0.39 is 0 Å². The number of halogens is 2. The number of rotatable bonds is 3. The smallest absolute Gasteiger partial charge is 0.299 e. The molecule has 0 fully saturated rings. The summed E-state index contributed by atoms with van der Waals surface area (Å²) >= 11 is 4.43. The summed E-state index contributed by atoms with van der Waals surface area (Å²) in [6.07, 6.45) is 5.28. The Hall–Kier alpha value is -2.32. The summed E-state index contributed by atoms with van der Waals surface area (Å²) in [7, 11) is 0. The lowest BCUT2D eigenvalue weighted by molar-refractivity contribution is 0.468. The van der Waals surface area contributed by atoms with Gasteiger partial charge in [-0.25, -0.2) is 13.9 Å². The zero-order valence-electron chi connectivity index (χ0n) is 11.5. The molecular formula is C15H8BrFN4OS. The second kappa shape index (κ2) is 5.71. The number of ether oxygens (including phenoxy) is 1. The quantitative estimate of drug-likeness (QED) is 0.514. The molecule has 0 aliphatic heterocycles. The molecule has 23 heavy (non-hydrogen) atoms. The minimum Gasteiger partial charge on any atom is -0.430 e. The number of nitrogens with zero attached hydrogens (tertiary/aromatic N) is 4. The van der Waals surface area contributed by atoms with Crippen LogP contribution in [0.1, 0.15) is 0 Å². The molecule has 3 heterocycles. The van der Waals surface area contributed by atoms with Crippen molar-refractivity contribution in [2.24, 2.45) is 0 Å². The van der Waals surface area contributed by atoms with E-state index in [-0.39, 0.29) is 5.82 Å². The fraction of sp³-hybridized carbons (Fsp3) is 0. The summed E-state index contributed by atoms with van der Waals surface area (Å²) in [5.41, 5.74) is 1.73. The lowest BCUT2D eigenvalue weighted by Crippen LogP contribution is -1.87. The van der Waals surface area contributed by atoms with Crippen molar-refractivity contribution >= 4 is 32.2 Å². The van der Waals surface area contributed by atoms with Crippen LogP contribution in [-0.2, 0) is 0 Å². The number of hydrogen-bond acceptors (Lipinski definition) is 5. The predicted molar refractivity (Wildman–Crippen MR) is 88.3 cm³/mol. The monoisotopic (exact) mass is 390 g/mol. The largest absolute Gasteiger partial charge is 0.430 e. The maximum atomic E-state index is 13.2. The maximum Gasteiger partial charge on any atom is 0.299 e. The summed E-state index contributed by atoms with van der Waals surface area (Å²) < 4.78 is 20.9. The lowest BCUT2D eigenvalue weighted by Gasteiger charge is -2.01. The molecule has 0 amide bonds. The van der Waals surface area contributed by atoms with Crippen LogP contribution in [0.15, 0.2) is 53.4 Å². The average Bonchev–Trinajstić information content (AvgIpc) is 3.10. The number of aromatic nitrogens is 4. The number of pyridine rings is 1. The molecule has 0 unspecified atom stereocenters.